The molecule has 2 heteroatoms. The number of hydrogen-bond donors (Lipinski definition) is 1. The summed E-state index contributed by atoms with van der Waals surface area (Å²) in [5.41, 5.74) is 5.72. The molecule has 0 saturated carbocycles. The SMILES string of the molecule is CC1=N/C(=C\c2cc(C)c(C)[nH]2)C=C1. The zero-order valence-corrected chi connectivity index (χ0v) is 8.76. The highest BCUT2D eigenvalue weighted by Gasteiger charge is 2.01. The molecule has 0 spiro atoms. The van der Waals surface area contributed by atoms with Crippen LogP contribution in [0.2, 0.25) is 0 Å². The van der Waals surface area contributed by atoms with E-state index in [4.69, 9.17) is 0 Å². The molecule has 1 aromatic heterocycles. The highest BCUT2D eigenvalue weighted by Crippen LogP contribution is 2.15. The first-order valence-electron chi connectivity index (χ1n) is 4.76. The molecular formula is C12H14N2. The molecule has 72 valence electrons. The maximum atomic E-state index is 4.37. The zero-order chi connectivity index (χ0) is 10.1. The molecule has 0 amide bonds. The van der Waals surface area contributed by atoms with Crippen LogP contribution < -0.4 is 0 Å². The third-order valence-electron chi connectivity index (χ3n) is 2.40. The number of nitrogens with zero attached hydrogens (tertiary/aromatic N) is 1. The topological polar surface area (TPSA) is 28.1 Å². The van der Waals surface area contributed by atoms with Crippen molar-refractivity contribution in [3.8, 4) is 0 Å². The number of aryl methyl sites for hydroxylation is 2. The average Bonchev–Trinajstić information content (AvgIpc) is 2.62. The maximum absolute atomic E-state index is 4.37. The molecule has 14 heavy (non-hydrogen) atoms. The van der Waals surface area contributed by atoms with Crippen LogP contribution in [0.15, 0.2) is 28.9 Å². The van der Waals surface area contributed by atoms with Gasteiger partial charge < -0.3 is 4.98 Å². The van der Waals surface area contributed by atoms with Gasteiger partial charge in [0.1, 0.15) is 0 Å². The molecule has 0 saturated heterocycles. The number of aromatic amines is 1. The Labute approximate surface area is 84.1 Å². The molecule has 0 aromatic carbocycles. The summed E-state index contributed by atoms with van der Waals surface area (Å²) in [5, 5.41) is 0. The molecule has 1 aliphatic rings. The molecule has 0 fully saturated rings. The van der Waals surface area contributed by atoms with Gasteiger partial charge in [-0.1, -0.05) is 0 Å². The number of nitrogens with one attached hydrogen (secondary N) is 1. The average molecular weight is 186 g/mol. The van der Waals surface area contributed by atoms with Crippen LogP contribution in [-0.2, 0) is 0 Å². The van der Waals surface area contributed by atoms with E-state index in [0.717, 1.165) is 17.1 Å². The van der Waals surface area contributed by atoms with Crippen LogP contribution in [-0.4, -0.2) is 10.7 Å². The van der Waals surface area contributed by atoms with Crippen molar-refractivity contribution in [1.82, 2.24) is 4.98 Å². The Kier molecular flexibility index (Phi) is 2.12. The summed E-state index contributed by atoms with van der Waals surface area (Å²) < 4.78 is 0. The minimum absolute atomic E-state index is 1.02. The fourth-order valence-electron chi connectivity index (χ4n) is 1.49. The molecule has 0 unspecified atom stereocenters. The van der Waals surface area contributed by atoms with Crippen LogP contribution in [0.1, 0.15) is 23.9 Å². The van der Waals surface area contributed by atoms with Crippen molar-refractivity contribution >= 4 is 11.8 Å². The summed E-state index contributed by atoms with van der Waals surface area (Å²) in [7, 11) is 0. The zero-order valence-electron chi connectivity index (χ0n) is 8.76. The quantitative estimate of drug-likeness (QED) is 0.698. The molecular weight excluding hydrogens is 172 g/mol. The van der Waals surface area contributed by atoms with Crippen molar-refractivity contribution in [2.24, 2.45) is 4.99 Å². The summed E-state index contributed by atoms with van der Waals surface area (Å²) in [6.07, 6.45) is 6.11. The molecule has 1 aliphatic heterocycles. The molecule has 0 atom stereocenters. The Morgan fingerprint density at radius 1 is 1.21 bits per heavy atom. The highest BCUT2D eigenvalue weighted by atomic mass is 14.8. The van der Waals surface area contributed by atoms with E-state index in [1.165, 1.54) is 11.3 Å². The van der Waals surface area contributed by atoms with Crippen LogP contribution in [0, 0.1) is 13.8 Å². The second-order valence-corrected chi connectivity index (χ2v) is 3.69. The van der Waals surface area contributed by atoms with E-state index < -0.39 is 0 Å². The third kappa shape index (κ3) is 1.69. The second kappa shape index (κ2) is 3.29. The number of allylic oxidation sites excluding steroid dienone is 2. The summed E-state index contributed by atoms with van der Waals surface area (Å²) >= 11 is 0. The lowest BCUT2D eigenvalue weighted by atomic mass is 10.2. The van der Waals surface area contributed by atoms with Crippen molar-refractivity contribution in [2.75, 3.05) is 0 Å². The van der Waals surface area contributed by atoms with E-state index in [2.05, 4.69) is 36.0 Å². The molecule has 2 nitrogen and oxygen atoms in total. The maximum Gasteiger partial charge on any atom is 0.0654 e. The monoisotopic (exact) mass is 186 g/mol. The van der Waals surface area contributed by atoms with E-state index in [0.29, 0.717) is 0 Å². The van der Waals surface area contributed by atoms with Crippen molar-refractivity contribution in [3.63, 3.8) is 0 Å². The summed E-state index contributed by atoms with van der Waals surface area (Å²) in [5.74, 6) is 0. The van der Waals surface area contributed by atoms with E-state index >= 15 is 0 Å². The van der Waals surface area contributed by atoms with Gasteiger partial charge in [0.05, 0.1) is 5.70 Å². The van der Waals surface area contributed by atoms with Gasteiger partial charge in [0.25, 0.3) is 0 Å². The van der Waals surface area contributed by atoms with Crippen LogP contribution in [0.4, 0.5) is 0 Å². The molecule has 2 rings (SSSR count). The largest absolute Gasteiger partial charge is 0.359 e. The Morgan fingerprint density at radius 2 is 2.00 bits per heavy atom. The van der Waals surface area contributed by atoms with Gasteiger partial charge in [-0.15, -0.1) is 0 Å². The molecule has 1 aromatic rings. The van der Waals surface area contributed by atoms with Crippen LogP contribution in [0.5, 0.6) is 0 Å². The number of rotatable bonds is 1. The van der Waals surface area contributed by atoms with E-state index in [1.54, 1.807) is 0 Å². The summed E-state index contributed by atoms with van der Waals surface area (Å²) in [4.78, 5) is 7.68. The van der Waals surface area contributed by atoms with Crippen LogP contribution >= 0.6 is 0 Å². The normalized spacial score (nSPS) is 17.9. The number of hydrogen-bond acceptors (Lipinski definition) is 1. The summed E-state index contributed by atoms with van der Waals surface area (Å²) in [6, 6.07) is 2.14. The minimum atomic E-state index is 1.02. The first-order chi connectivity index (χ1) is 6.65. The van der Waals surface area contributed by atoms with E-state index in [9.17, 15) is 0 Å². The van der Waals surface area contributed by atoms with Crippen molar-refractivity contribution in [2.45, 2.75) is 20.8 Å². The van der Waals surface area contributed by atoms with Crippen LogP contribution in [0.25, 0.3) is 6.08 Å². The fraction of sp³-hybridized carbons (Fsp3) is 0.250. The standard InChI is InChI=1S/C12H14N2/c1-8-6-12(14-10(8)3)7-11-5-4-9(2)13-11/h4-7,14H,1-3H3/b11-7-. The van der Waals surface area contributed by atoms with E-state index in [1.807, 2.05) is 19.1 Å². The van der Waals surface area contributed by atoms with Crippen molar-refractivity contribution in [1.29, 1.82) is 0 Å². The first-order valence-corrected chi connectivity index (χ1v) is 4.76. The lowest BCUT2D eigenvalue weighted by Crippen LogP contribution is -1.76. The van der Waals surface area contributed by atoms with Crippen molar-refractivity contribution in [3.05, 3.63) is 40.9 Å². The third-order valence-corrected chi connectivity index (χ3v) is 2.40. The predicted molar refractivity (Wildman–Crippen MR) is 60.5 cm³/mol. The molecule has 1 N–H and O–H groups in total. The number of H-pyrrole nitrogens is 1. The second-order valence-electron chi connectivity index (χ2n) is 3.69. The Morgan fingerprint density at radius 3 is 2.50 bits per heavy atom. The van der Waals surface area contributed by atoms with Gasteiger partial charge in [-0.25, -0.2) is 0 Å². The predicted octanol–water partition coefficient (Wildman–Crippen LogP) is 3.00. The van der Waals surface area contributed by atoms with Gasteiger partial charge in [0.15, 0.2) is 0 Å². The Hall–Kier alpha value is -1.57. The summed E-state index contributed by atoms with van der Waals surface area (Å²) in [6.45, 7) is 6.19. The number of aliphatic imine (C=N–C) groups is 1. The smallest absolute Gasteiger partial charge is 0.0654 e. The van der Waals surface area contributed by atoms with Gasteiger partial charge in [-0.05, 0) is 50.6 Å². The molecule has 0 bridgehead atoms. The van der Waals surface area contributed by atoms with Crippen LogP contribution in [0.3, 0.4) is 0 Å². The first kappa shape index (κ1) is 9.00. The van der Waals surface area contributed by atoms with Gasteiger partial charge in [-0.2, -0.15) is 0 Å². The van der Waals surface area contributed by atoms with Gasteiger partial charge in [0, 0.05) is 17.1 Å². The Bertz CT molecular complexity index is 425. The van der Waals surface area contributed by atoms with Gasteiger partial charge >= 0.3 is 0 Å². The highest BCUT2D eigenvalue weighted by molar-refractivity contribution is 5.97. The Balaban J connectivity index is 2.31. The minimum Gasteiger partial charge on any atom is -0.359 e. The van der Waals surface area contributed by atoms with Gasteiger partial charge in [-0.3, -0.25) is 4.99 Å². The molecule has 0 aliphatic carbocycles. The fourth-order valence-corrected chi connectivity index (χ4v) is 1.49. The van der Waals surface area contributed by atoms with E-state index in [-0.39, 0.29) is 0 Å². The van der Waals surface area contributed by atoms with Gasteiger partial charge in [0.2, 0.25) is 0 Å². The molecule has 0 radical (unpaired) electrons. The lowest BCUT2D eigenvalue weighted by molar-refractivity contribution is 1.22. The van der Waals surface area contributed by atoms with Crippen molar-refractivity contribution < 1.29 is 0 Å². The molecule has 2 heterocycles. The number of aromatic nitrogens is 1. The lowest BCUT2D eigenvalue weighted by Gasteiger charge is -1.89.